The number of hydrogen-bond acceptors (Lipinski definition) is 3. The molecule has 18 heavy (non-hydrogen) atoms. The fourth-order valence-corrected chi connectivity index (χ4v) is 1.73. The van der Waals surface area contributed by atoms with Gasteiger partial charge in [0.2, 0.25) is 0 Å². The first-order valence-electron chi connectivity index (χ1n) is 5.84. The summed E-state index contributed by atoms with van der Waals surface area (Å²) < 4.78 is 5.08. The highest BCUT2D eigenvalue weighted by atomic mass is 16.5. The molecule has 1 aromatic heterocycles. The molecule has 2 rings (SSSR count). The van der Waals surface area contributed by atoms with Crippen molar-refractivity contribution in [1.82, 2.24) is 4.98 Å². The standard InChI is InChI=1S/C15H17NO2/c1-15(2,17)12-6-4-5-11(9-12)14-8-7-13(18-3)10-16-14/h4-10,17H,1-3H3. The molecule has 1 aromatic carbocycles. The molecule has 0 saturated carbocycles. The van der Waals surface area contributed by atoms with Crippen LogP contribution in [0.3, 0.4) is 0 Å². The molecule has 0 aliphatic carbocycles. The van der Waals surface area contributed by atoms with Gasteiger partial charge in [0.25, 0.3) is 0 Å². The molecule has 0 saturated heterocycles. The zero-order valence-electron chi connectivity index (χ0n) is 10.8. The van der Waals surface area contributed by atoms with Crippen LogP contribution in [0.15, 0.2) is 42.6 Å². The van der Waals surface area contributed by atoms with Gasteiger partial charge in [0, 0.05) is 5.56 Å². The number of rotatable bonds is 3. The molecule has 0 atom stereocenters. The first kappa shape index (κ1) is 12.6. The van der Waals surface area contributed by atoms with Crippen LogP contribution in [0.4, 0.5) is 0 Å². The van der Waals surface area contributed by atoms with Crippen molar-refractivity contribution in [3.05, 3.63) is 48.2 Å². The molecule has 0 fully saturated rings. The summed E-state index contributed by atoms with van der Waals surface area (Å²) in [5.41, 5.74) is 1.87. The highest BCUT2D eigenvalue weighted by molar-refractivity contribution is 5.60. The lowest BCUT2D eigenvalue weighted by Crippen LogP contribution is -2.15. The third-order valence-electron chi connectivity index (χ3n) is 2.84. The summed E-state index contributed by atoms with van der Waals surface area (Å²) in [7, 11) is 1.62. The monoisotopic (exact) mass is 243 g/mol. The van der Waals surface area contributed by atoms with Gasteiger partial charge in [0.15, 0.2) is 0 Å². The number of hydrogen-bond donors (Lipinski definition) is 1. The van der Waals surface area contributed by atoms with Crippen molar-refractivity contribution >= 4 is 0 Å². The number of aliphatic hydroxyl groups is 1. The van der Waals surface area contributed by atoms with E-state index in [0.717, 1.165) is 22.6 Å². The van der Waals surface area contributed by atoms with Crippen molar-refractivity contribution in [2.75, 3.05) is 7.11 Å². The summed E-state index contributed by atoms with van der Waals surface area (Å²) in [5, 5.41) is 10.0. The first-order valence-corrected chi connectivity index (χ1v) is 5.84. The van der Waals surface area contributed by atoms with Crippen LogP contribution in [0.5, 0.6) is 5.75 Å². The van der Waals surface area contributed by atoms with E-state index in [1.807, 2.05) is 36.4 Å². The minimum Gasteiger partial charge on any atom is -0.495 e. The van der Waals surface area contributed by atoms with Crippen LogP contribution in [0.2, 0.25) is 0 Å². The Labute approximate surface area is 107 Å². The summed E-state index contributed by atoms with van der Waals surface area (Å²) in [6.07, 6.45) is 1.69. The van der Waals surface area contributed by atoms with Crippen LogP contribution in [-0.2, 0) is 5.60 Å². The Hall–Kier alpha value is -1.87. The molecular formula is C15H17NO2. The van der Waals surface area contributed by atoms with Crippen molar-refractivity contribution in [1.29, 1.82) is 0 Å². The minimum atomic E-state index is -0.845. The highest BCUT2D eigenvalue weighted by Crippen LogP contribution is 2.25. The van der Waals surface area contributed by atoms with Gasteiger partial charge in [0.1, 0.15) is 5.75 Å². The maximum absolute atomic E-state index is 10.0. The van der Waals surface area contributed by atoms with Crippen LogP contribution in [0, 0.1) is 0 Å². The Balaban J connectivity index is 2.38. The Bertz CT molecular complexity index is 527. The molecule has 0 aliphatic rings. The Morgan fingerprint density at radius 1 is 1.17 bits per heavy atom. The number of ether oxygens (including phenoxy) is 1. The Kier molecular flexibility index (Phi) is 3.34. The molecule has 0 unspecified atom stereocenters. The van der Waals surface area contributed by atoms with E-state index >= 15 is 0 Å². The fraction of sp³-hybridized carbons (Fsp3) is 0.267. The van der Waals surface area contributed by atoms with Gasteiger partial charge in [-0.25, -0.2) is 0 Å². The van der Waals surface area contributed by atoms with E-state index in [1.54, 1.807) is 27.2 Å². The number of nitrogens with zero attached hydrogens (tertiary/aromatic N) is 1. The highest BCUT2D eigenvalue weighted by Gasteiger charge is 2.16. The van der Waals surface area contributed by atoms with E-state index in [9.17, 15) is 5.11 Å². The van der Waals surface area contributed by atoms with Crippen molar-refractivity contribution < 1.29 is 9.84 Å². The van der Waals surface area contributed by atoms with E-state index < -0.39 is 5.60 Å². The SMILES string of the molecule is COc1ccc(-c2cccc(C(C)(C)O)c2)nc1. The molecule has 3 nitrogen and oxygen atoms in total. The topological polar surface area (TPSA) is 42.4 Å². The van der Waals surface area contributed by atoms with Crippen LogP contribution in [0.25, 0.3) is 11.3 Å². The molecule has 0 bridgehead atoms. The molecule has 0 spiro atoms. The molecule has 1 heterocycles. The van der Waals surface area contributed by atoms with Gasteiger partial charge in [-0.3, -0.25) is 4.98 Å². The van der Waals surface area contributed by atoms with Gasteiger partial charge < -0.3 is 9.84 Å². The zero-order valence-corrected chi connectivity index (χ0v) is 10.8. The van der Waals surface area contributed by atoms with Gasteiger partial charge in [-0.15, -0.1) is 0 Å². The van der Waals surface area contributed by atoms with Crippen molar-refractivity contribution in [3.8, 4) is 17.0 Å². The molecule has 94 valence electrons. The van der Waals surface area contributed by atoms with Gasteiger partial charge in [-0.05, 0) is 37.6 Å². The third kappa shape index (κ3) is 2.68. The Morgan fingerprint density at radius 2 is 1.94 bits per heavy atom. The van der Waals surface area contributed by atoms with Crippen LogP contribution < -0.4 is 4.74 Å². The molecule has 3 heteroatoms. The van der Waals surface area contributed by atoms with Crippen molar-refractivity contribution in [3.63, 3.8) is 0 Å². The smallest absolute Gasteiger partial charge is 0.137 e. The van der Waals surface area contributed by atoms with E-state index in [4.69, 9.17) is 4.74 Å². The van der Waals surface area contributed by atoms with E-state index in [0.29, 0.717) is 0 Å². The minimum absolute atomic E-state index is 0.734. The largest absolute Gasteiger partial charge is 0.495 e. The summed E-state index contributed by atoms with van der Waals surface area (Å²) >= 11 is 0. The summed E-state index contributed by atoms with van der Waals surface area (Å²) in [4.78, 5) is 4.34. The molecule has 0 amide bonds. The number of methoxy groups -OCH3 is 1. The van der Waals surface area contributed by atoms with E-state index in [1.165, 1.54) is 0 Å². The van der Waals surface area contributed by atoms with Crippen molar-refractivity contribution in [2.24, 2.45) is 0 Å². The summed E-state index contributed by atoms with van der Waals surface area (Å²) in [6, 6.07) is 11.5. The average Bonchev–Trinajstić information content (AvgIpc) is 2.38. The number of aromatic nitrogens is 1. The van der Waals surface area contributed by atoms with Crippen LogP contribution in [0.1, 0.15) is 19.4 Å². The Morgan fingerprint density at radius 3 is 2.50 bits per heavy atom. The summed E-state index contributed by atoms with van der Waals surface area (Å²) in [6.45, 7) is 3.54. The van der Waals surface area contributed by atoms with Crippen LogP contribution in [-0.4, -0.2) is 17.2 Å². The van der Waals surface area contributed by atoms with Gasteiger partial charge in [0.05, 0.1) is 24.6 Å². The lowest BCUT2D eigenvalue weighted by atomic mass is 9.96. The van der Waals surface area contributed by atoms with Gasteiger partial charge in [-0.2, -0.15) is 0 Å². The average molecular weight is 243 g/mol. The lowest BCUT2D eigenvalue weighted by Gasteiger charge is -2.18. The summed E-state index contributed by atoms with van der Waals surface area (Å²) in [5.74, 6) is 0.734. The predicted molar refractivity (Wildman–Crippen MR) is 71.5 cm³/mol. The third-order valence-corrected chi connectivity index (χ3v) is 2.84. The zero-order chi connectivity index (χ0) is 13.2. The normalized spacial score (nSPS) is 11.3. The molecule has 2 aromatic rings. The van der Waals surface area contributed by atoms with Gasteiger partial charge in [-0.1, -0.05) is 18.2 Å². The van der Waals surface area contributed by atoms with E-state index in [-0.39, 0.29) is 0 Å². The first-order chi connectivity index (χ1) is 8.50. The predicted octanol–water partition coefficient (Wildman–Crippen LogP) is 2.98. The molecule has 0 radical (unpaired) electrons. The second-order valence-electron chi connectivity index (χ2n) is 4.72. The number of benzene rings is 1. The second-order valence-corrected chi connectivity index (χ2v) is 4.72. The quantitative estimate of drug-likeness (QED) is 0.901. The molecule has 1 N–H and O–H groups in total. The van der Waals surface area contributed by atoms with Gasteiger partial charge >= 0.3 is 0 Å². The maximum Gasteiger partial charge on any atom is 0.137 e. The maximum atomic E-state index is 10.0. The molecule has 0 aliphatic heterocycles. The fourth-order valence-electron chi connectivity index (χ4n) is 1.73. The second kappa shape index (κ2) is 4.78. The lowest BCUT2D eigenvalue weighted by molar-refractivity contribution is 0.0786. The molecular weight excluding hydrogens is 226 g/mol. The van der Waals surface area contributed by atoms with Crippen LogP contribution >= 0.6 is 0 Å². The van der Waals surface area contributed by atoms with E-state index in [2.05, 4.69) is 4.98 Å². The number of pyridine rings is 1. The van der Waals surface area contributed by atoms with Crippen molar-refractivity contribution in [2.45, 2.75) is 19.4 Å².